The molecule has 0 unspecified atom stereocenters. The van der Waals surface area contributed by atoms with Gasteiger partial charge in [-0.2, -0.15) is 0 Å². The molecule has 0 saturated carbocycles. The molecule has 0 aromatic heterocycles. The molecule has 3 rings (SSSR count). The molecular weight excluding hydrogens is 345 g/mol. The van der Waals surface area contributed by atoms with Crippen LogP contribution in [0.1, 0.15) is 30.0 Å². The summed E-state index contributed by atoms with van der Waals surface area (Å²) in [5.41, 5.74) is 2.45. The molecule has 0 N–H and O–H groups in total. The first-order valence-corrected chi connectivity index (χ1v) is 8.28. The van der Waals surface area contributed by atoms with Crippen molar-refractivity contribution in [2.75, 3.05) is 13.7 Å². The summed E-state index contributed by atoms with van der Waals surface area (Å²) in [5, 5.41) is 0. The predicted octanol–water partition coefficient (Wildman–Crippen LogP) is 4.93. The van der Waals surface area contributed by atoms with Crippen molar-refractivity contribution in [1.82, 2.24) is 4.90 Å². The van der Waals surface area contributed by atoms with Gasteiger partial charge in [-0.25, -0.2) is 4.39 Å². The van der Waals surface area contributed by atoms with Gasteiger partial charge in [0.25, 0.3) is 0 Å². The van der Waals surface area contributed by atoms with E-state index in [2.05, 4.69) is 33.0 Å². The lowest BCUT2D eigenvalue weighted by atomic mass is 10.0. The van der Waals surface area contributed by atoms with Crippen molar-refractivity contribution < 1.29 is 9.13 Å². The van der Waals surface area contributed by atoms with Gasteiger partial charge in [0.2, 0.25) is 0 Å². The molecular formula is C18H19BrFNO. The zero-order chi connectivity index (χ0) is 15.5. The first-order chi connectivity index (χ1) is 10.7. The van der Waals surface area contributed by atoms with Crippen molar-refractivity contribution in [1.29, 1.82) is 0 Å². The number of rotatable bonds is 4. The Bertz CT molecular complexity index is 644. The van der Waals surface area contributed by atoms with Crippen LogP contribution in [0.2, 0.25) is 0 Å². The molecule has 0 spiro atoms. The summed E-state index contributed by atoms with van der Waals surface area (Å²) in [6, 6.07) is 13.5. The number of halogens is 2. The molecule has 2 nitrogen and oxygen atoms in total. The second-order valence-corrected chi connectivity index (χ2v) is 6.50. The number of benzene rings is 2. The SMILES string of the molecule is COc1ccc(CN2CCC[C@@H]2c2ccc(F)cc2)cc1Br. The maximum Gasteiger partial charge on any atom is 0.133 e. The summed E-state index contributed by atoms with van der Waals surface area (Å²) in [7, 11) is 1.67. The lowest BCUT2D eigenvalue weighted by Crippen LogP contribution is -2.22. The first kappa shape index (κ1) is 15.5. The van der Waals surface area contributed by atoms with Gasteiger partial charge in [0, 0.05) is 12.6 Å². The maximum absolute atomic E-state index is 13.1. The molecule has 1 heterocycles. The van der Waals surface area contributed by atoms with Crippen LogP contribution in [0.5, 0.6) is 5.75 Å². The van der Waals surface area contributed by atoms with Crippen LogP contribution >= 0.6 is 15.9 Å². The van der Waals surface area contributed by atoms with Crippen molar-refractivity contribution in [2.24, 2.45) is 0 Å². The van der Waals surface area contributed by atoms with E-state index in [0.717, 1.165) is 29.7 Å². The summed E-state index contributed by atoms with van der Waals surface area (Å²) in [4.78, 5) is 2.46. The topological polar surface area (TPSA) is 12.5 Å². The first-order valence-electron chi connectivity index (χ1n) is 7.49. The Hall–Kier alpha value is -1.39. The minimum Gasteiger partial charge on any atom is -0.496 e. The lowest BCUT2D eigenvalue weighted by molar-refractivity contribution is 0.248. The highest BCUT2D eigenvalue weighted by Gasteiger charge is 2.26. The summed E-state index contributed by atoms with van der Waals surface area (Å²) in [6.07, 6.45) is 2.31. The van der Waals surface area contributed by atoms with Crippen LogP contribution in [0.4, 0.5) is 4.39 Å². The zero-order valence-corrected chi connectivity index (χ0v) is 14.1. The van der Waals surface area contributed by atoms with Gasteiger partial charge in [0.15, 0.2) is 0 Å². The average molecular weight is 364 g/mol. The molecule has 22 heavy (non-hydrogen) atoms. The predicted molar refractivity (Wildman–Crippen MR) is 89.5 cm³/mol. The van der Waals surface area contributed by atoms with Crippen molar-refractivity contribution in [3.63, 3.8) is 0 Å². The van der Waals surface area contributed by atoms with Crippen LogP contribution in [0, 0.1) is 5.82 Å². The number of hydrogen-bond donors (Lipinski definition) is 0. The van der Waals surface area contributed by atoms with Crippen LogP contribution in [0.25, 0.3) is 0 Å². The standard InChI is InChI=1S/C18H19BrFNO/c1-22-18-9-4-13(11-16(18)19)12-21-10-2-3-17(21)14-5-7-15(20)8-6-14/h4-9,11,17H,2-3,10,12H2,1H3/t17-/m1/s1. The summed E-state index contributed by atoms with van der Waals surface area (Å²) in [6.45, 7) is 1.97. The molecule has 1 atom stereocenters. The molecule has 4 heteroatoms. The molecule has 0 radical (unpaired) electrons. The highest BCUT2D eigenvalue weighted by atomic mass is 79.9. The summed E-state index contributed by atoms with van der Waals surface area (Å²) < 4.78 is 19.4. The van der Waals surface area contributed by atoms with Crippen molar-refractivity contribution >= 4 is 15.9 Å². The van der Waals surface area contributed by atoms with Gasteiger partial charge in [-0.1, -0.05) is 18.2 Å². The van der Waals surface area contributed by atoms with Crippen LogP contribution in [0.3, 0.4) is 0 Å². The second kappa shape index (κ2) is 6.80. The van der Waals surface area contributed by atoms with Gasteiger partial charge < -0.3 is 4.74 Å². The monoisotopic (exact) mass is 363 g/mol. The molecule has 1 aliphatic rings. The van der Waals surface area contributed by atoms with Crippen LogP contribution < -0.4 is 4.74 Å². The number of nitrogens with zero attached hydrogens (tertiary/aromatic N) is 1. The van der Waals surface area contributed by atoms with Crippen molar-refractivity contribution in [3.8, 4) is 5.75 Å². The highest BCUT2D eigenvalue weighted by Crippen LogP contribution is 2.34. The molecule has 0 bridgehead atoms. The molecule has 1 saturated heterocycles. The van der Waals surface area contributed by atoms with E-state index < -0.39 is 0 Å². The van der Waals surface area contributed by atoms with Gasteiger partial charge in [-0.15, -0.1) is 0 Å². The number of methoxy groups -OCH3 is 1. The van der Waals surface area contributed by atoms with E-state index in [9.17, 15) is 4.39 Å². The third kappa shape index (κ3) is 3.33. The molecule has 0 aliphatic carbocycles. The number of ether oxygens (including phenoxy) is 1. The Morgan fingerprint density at radius 3 is 2.68 bits per heavy atom. The van der Waals surface area contributed by atoms with Crippen molar-refractivity contribution in [3.05, 3.63) is 63.9 Å². The minimum atomic E-state index is -0.174. The Balaban J connectivity index is 1.76. The fraction of sp³-hybridized carbons (Fsp3) is 0.333. The summed E-state index contributed by atoms with van der Waals surface area (Å²) >= 11 is 3.54. The Morgan fingerprint density at radius 1 is 1.23 bits per heavy atom. The Labute approximate surface area is 139 Å². The molecule has 2 aromatic rings. The van der Waals surface area contributed by atoms with E-state index in [1.54, 1.807) is 19.2 Å². The minimum absolute atomic E-state index is 0.174. The van der Waals surface area contributed by atoms with E-state index >= 15 is 0 Å². The fourth-order valence-corrected chi connectivity index (χ4v) is 3.71. The van der Waals surface area contributed by atoms with Gasteiger partial charge in [0.1, 0.15) is 11.6 Å². The molecule has 1 aliphatic heterocycles. The van der Waals surface area contributed by atoms with Crippen molar-refractivity contribution in [2.45, 2.75) is 25.4 Å². The Kier molecular flexibility index (Phi) is 4.79. The van der Waals surface area contributed by atoms with E-state index in [0.29, 0.717) is 6.04 Å². The highest BCUT2D eigenvalue weighted by molar-refractivity contribution is 9.10. The van der Waals surface area contributed by atoms with E-state index in [1.165, 1.54) is 17.5 Å². The number of likely N-dealkylation sites (tertiary alicyclic amines) is 1. The third-order valence-corrected chi connectivity index (χ3v) is 4.84. The van der Waals surface area contributed by atoms with Crippen LogP contribution in [-0.2, 0) is 6.54 Å². The Morgan fingerprint density at radius 2 is 2.00 bits per heavy atom. The van der Waals surface area contributed by atoms with E-state index in [-0.39, 0.29) is 5.82 Å². The van der Waals surface area contributed by atoms with Crippen LogP contribution in [0.15, 0.2) is 46.9 Å². The molecule has 116 valence electrons. The van der Waals surface area contributed by atoms with Gasteiger partial charge >= 0.3 is 0 Å². The molecule has 0 amide bonds. The number of hydrogen-bond acceptors (Lipinski definition) is 2. The average Bonchev–Trinajstić information content (AvgIpc) is 2.96. The second-order valence-electron chi connectivity index (χ2n) is 5.65. The fourth-order valence-electron chi connectivity index (χ4n) is 3.12. The van der Waals surface area contributed by atoms with Gasteiger partial charge in [0.05, 0.1) is 11.6 Å². The van der Waals surface area contributed by atoms with Gasteiger partial charge in [-0.3, -0.25) is 4.90 Å². The molecule has 1 fully saturated rings. The van der Waals surface area contributed by atoms with Gasteiger partial charge in [-0.05, 0) is 70.7 Å². The van der Waals surface area contributed by atoms with E-state index in [1.807, 2.05) is 18.2 Å². The zero-order valence-electron chi connectivity index (χ0n) is 12.6. The lowest BCUT2D eigenvalue weighted by Gasteiger charge is -2.25. The smallest absolute Gasteiger partial charge is 0.133 e. The van der Waals surface area contributed by atoms with Crippen LogP contribution in [-0.4, -0.2) is 18.6 Å². The third-order valence-electron chi connectivity index (χ3n) is 4.22. The maximum atomic E-state index is 13.1. The normalized spacial score (nSPS) is 18.6. The van der Waals surface area contributed by atoms with E-state index in [4.69, 9.17) is 4.74 Å². The molecule has 2 aromatic carbocycles. The summed E-state index contributed by atoms with van der Waals surface area (Å²) in [5.74, 6) is 0.674. The largest absolute Gasteiger partial charge is 0.496 e. The quantitative estimate of drug-likeness (QED) is 0.763.